The van der Waals surface area contributed by atoms with Gasteiger partial charge in [-0.15, -0.1) is 0 Å². The van der Waals surface area contributed by atoms with Gasteiger partial charge in [0.1, 0.15) is 0 Å². The Hall–Kier alpha value is -2.70. The zero-order chi connectivity index (χ0) is 18.0. The first-order valence-electron chi connectivity index (χ1n) is 8.32. The zero-order valence-corrected chi connectivity index (χ0v) is 14.6. The first-order chi connectivity index (χ1) is 12.1. The van der Waals surface area contributed by atoms with Crippen molar-refractivity contribution in [3.63, 3.8) is 0 Å². The standard InChI is InChI=1S/C18H22N2O5/c1-4-20-10-16(25-18(22)19-9-11-5-6-11)12-7-14(23-2)15(24-3)8-13(12)17(20)21/h7-8,10-11H,4-6,9H2,1-3H3,(H,19,22). The highest BCUT2D eigenvalue weighted by Crippen LogP contribution is 2.35. The second kappa shape index (κ2) is 7.04. The smallest absolute Gasteiger partial charge is 0.412 e. The van der Waals surface area contributed by atoms with Crippen LogP contribution in [0.15, 0.2) is 23.1 Å². The SMILES string of the molecule is CCn1cc(OC(=O)NCC2CC2)c2cc(OC)c(OC)cc2c1=O. The third-order valence-electron chi connectivity index (χ3n) is 4.33. The van der Waals surface area contributed by atoms with E-state index in [1.807, 2.05) is 6.92 Å². The normalized spacial score (nSPS) is 13.6. The van der Waals surface area contributed by atoms with E-state index in [9.17, 15) is 9.59 Å². The number of methoxy groups -OCH3 is 2. The summed E-state index contributed by atoms with van der Waals surface area (Å²) in [7, 11) is 3.02. The molecule has 2 aromatic rings. The van der Waals surface area contributed by atoms with E-state index in [1.54, 1.807) is 18.3 Å². The molecule has 1 N–H and O–H groups in total. The molecule has 0 spiro atoms. The fourth-order valence-electron chi connectivity index (χ4n) is 2.69. The predicted octanol–water partition coefficient (Wildman–Crippen LogP) is 2.54. The Morgan fingerprint density at radius 2 is 1.80 bits per heavy atom. The van der Waals surface area contributed by atoms with Crippen molar-refractivity contribution in [1.82, 2.24) is 9.88 Å². The molecule has 1 aliphatic rings. The molecule has 134 valence electrons. The van der Waals surface area contributed by atoms with Crippen molar-refractivity contribution in [2.45, 2.75) is 26.3 Å². The van der Waals surface area contributed by atoms with E-state index >= 15 is 0 Å². The number of aryl methyl sites for hydroxylation is 1. The number of hydrogen-bond acceptors (Lipinski definition) is 5. The third kappa shape index (κ3) is 3.55. The van der Waals surface area contributed by atoms with E-state index in [-0.39, 0.29) is 5.56 Å². The summed E-state index contributed by atoms with van der Waals surface area (Å²) < 4.78 is 17.5. The number of rotatable bonds is 6. The molecule has 3 rings (SSSR count). The summed E-state index contributed by atoms with van der Waals surface area (Å²) in [5.74, 6) is 1.78. The topological polar surface area (TPSA) is 78.8 Å². The lowest BCUT2D eigenvalue weighted by Gasteiger charge is -2.14. The quantitative estimate of drug-likeness (QED) is 0.869. The Labute approximate surface area is 145 Å². The van der Waals surface area contributed by atoms with Crippen LogP contribution in [-0.4, -0.2) is 31.4 Å². The number of ether oxygens (including phenoxy) is 3. The van der Waals surface area contributed by atoms with Crippen LogP contribution in [0.25, 0.3) is 10.8 Å². The van der Waals surface area contributed by atoms with Gasteiger partial charge < -0.3 is 24.1 Å². The van der Waals surface area contributed by atoms with Gasteiger partial charge in [-0.1, -0.05) is 0 Å². The lowest BCUT2D eigenvalue weighted by molar-refractivity contribution is 0.200. The summed E-state index contributed by atoms with van der Waals surface area (Å²) in [6.07, 6.45) is 3.30. The Kier molecular flexibility index (Phi) is 4.83. The van der Waals surface area contributed by atoms with E-state index in [1.165, 1.54) is 18.8 Å². The van der Waals surface area contributed by atoms with Crippen molar-refractivity contribution < 1.29 is 19.0 Å². The third-order valence-corrected chi connectivity index (χ3v) is 4.33. The number of carbonyl (C=O) groups excluding carboxylic acids is 1. The molecule has 1 heterocycles. The molecule has 0 saturated heterocycles. The highest BCUT2D eigenvalue weighted by atomic mass is 16.6. The fourth-order valence-corrected chi connectivity index (χ4v) is 2.69. The molecule has 1 fully saturated rings. The zero-order valence-electron chi connectivity index (χ0n) is 14.6. The molecule has 7 nitrogen and oxygen atoms in total. The van der Waals surface area contributed by atoms with Crippen molar-refractivity contribution in [3.05, 3.63) is 28.7 Å². The fraction of sp³-hybridized carbons (Fsp3) is 0.444. The number of nitrogens with zero attached hydrogens (tertiary/aromatic N) is 1. The van der Waals surface area contributed by atoms with Gasteiger partial charge in [-0.3, -0.25) is 4.79 Å². The molecular weight excluding hydrogens is 324 g/mol. The van der Waals surface area contributed by atoms with Gasteiger partial charge >= 0.3 is 6.09 Å². The molecule has 1 saturated carbocycles. The van der Waals surface area contributed by atoms with Gasteiger partial charge in [0.05, 0.1) is 25.8 Å². The molecule has 1 amide bonds. The first-order valence-corrected chi connectivity index (χ1v) is 8.32. The predicted molar refractivity (Wildman–Crippen MR) is 93.7 cm³/mol. The van der Waals surface area contributed by atoms with Crippen LogP contribution >= 0.6 is 0 Å². The number of carbonyl (C=O) groups is 1. The largest absolute Gasteiger partial charge is 0.493 e. The van der Waals surface area contributed by atoms with Crippen molar-refractivity contribution in [2.75, 3.05) is 20.8 Å². The number of hydrogen-bond donors (Lipinski definition) is 1. The number of fused-ring (bicyclic) bond motifs is 1. The summed E-state index contributed by atoms with van der Waals surface area (Å²) in [4.78, 5) is 24.7. The second-order valence-electron chi connectivity index (χ2n) is 6.05. The summed E-state index contributed by atoms with van der Waals surface area (Å²) >= 11 is 0. The lowest BCUT2D eigenvalue weighted by atomic mass is 10.1. The van der Waals surface area contributed by atoms with Crippen molar-refractivity contribution >= 4 is 16.9 Å². The number of benzene rings is 1. The van der Waals surface area contributed by atoms with Gasteiger partial charge in [-0.05, 0) is 37.8 Å². The summed E-state index contributed by atoms with van der Waals surface area (Å²) in [5, 5.41) is 3.67. The highest BCUT2D eigenvalue weighted by Gasteiger charge is 2.22. The maximum atomic E-state index is 12.6. The van der Waals surface area contributed by atoms with Gasteiger partial charge in [-0.25, -0.2) is 4.79 Å². The molecule has 0 aliphatic heterocycles. The minimum absolute atomic E-state index is 0.177. The van der Waals surface area contributed by atoms with Crippen molar-refractivity contribution in [3.8, 4) is 17.2 Å². The summed E-state index contributed by atoms with van der Waals surface area (Å²) in [5.41, 5.74) is -0.177. The molecular formula is C18H22N2O5. The summed E-state index contributed by atoms with van der Waals surface area (Å²) in [6.45, 7) is 2.93. The lowest BCUT2D eigenvalue weighted by Crippen LogP contribution is -2.29. The first kappa shape index (κ1) is 17.1. The molecule has 1 aromatic heterocycles. The second-order valence-corrected chi connectivity index (χ2v) is 6.05. The Bertz CT molecular complexity index is 855. The van der Waals surface area contributed by atoms with Gasteiger partial charge in [0.15, 0.2) is 17.2 Å². The molecule has 0 bridgehead atoms. The van der Waals surface area contributed by atoms with Crippen molar-refractivity contribution in [2.24, 2.45) is 5.92 Å². The monoisotopic (exact) mass is 346 g/mol. The average molecular weight is 346 g/mol. The van der Waals surface area contributed by atoms with Crippen LogP contribution in [-0.2, 0) is 6.54 Å². The van der Waals surface area contributed by atoms with Crippen LogP contribution in [0.4, 0.5) is 4.79 Å². The minimum Gasteiger partial charge on any atom is -0.493 e. The van der Waals surface area contributed by atoms with E-state index in [0.29, 0.717) is 47.0 Å². The van der Waals surface area contributed by atoms with E-state index in [2.05, 4.69) is 5.32 Å². The number of nitrogens with one attached hydrogen (secondary N) is 1. The molecule has 7 heteroatoms. The van der Waals surface area contributed by atoms with Crippen LogP contribution in [0.1, 0.15) is 19.8 Å². The average Bonchev–Trinajstić information content (AvgIpc) is 3.45. The molecule has 1 aromatic carbocycles. The van der Waals surface area contributed by atoms with Crippen LogP contribution < -0.4 is 25.1 Å². The molecule has 0 unspecified atom stereocenters. The van der Waals surface area contributed by atoms with Gasteiger partial charge in [0.25, 0.3) is 5.56 Å². The van der Waals surface area contributed by atoms with Crippen molar-refractivity contribution in [1.29, 1.82) is 0 Å². The van der Waals surface area contributed by atoms with Crippen LogP contribution in [0, 0.1) is 5.92 Å². The number of amides is 1. The Balaban J connectivity index is 2.03. The molecule has 25 heavy (non-hydrogen) atoms. The maximum absolute atomic E-state index is 12.6. The van der Waals surface area contributed by atoms with E-state index in [0.717, 1.165) is 12.8 Å². The Morgan fingerprint density at radius 1 is 1.16 bits per heavy atom. The number of pyridine rings is 1. The van der Waals surface area contributed by atoms with Gasteiger partial charge in [-0.2, -0.15) is 0 Å². The van der Waals surface area contributed by atoms with Crippen LogP contribution in [0.5, 0.6) is 17.2 Å². The molecule has 0 radical (unpaired) electrons. The minimum atomic E-state index is -0.524. The van der Waals surface area contributed by atoms with Crippen LogP contribution in [0.3, 0.4) is 0 Å². The molecule has 1 aliphatic carbocycles. The Morgan fingerprint density at radius 3 is 2.36 bits per heavy atom. The molecule has 0 atom stereocenters. The van der Waals surface area contributed by atoms with E-state index < -0.39 is 6.09 Å². The van der Waals surface area contributed by atoms with Crippen LogP contribution in [0.2, 0.25) is 0 Å². The maximum Gasteiger partial charge on any atom is 0.412 e. The van der Waals surface area contributed by atoms with E-state index in [4.69, 9.17) is 14.2 Å². The van der Waals surface area contributed by atoms with Gasteiger partial charge in [0, 0.05) is 18.5 Å². The highest BCUT2D eigenvalue weighted by molar-refractivity contribution is 5.92. The number of aromatic nitrogens is 1. The summed E-state index contributed by atoms with van der Waals surface area (Å²) in [6, 6.07) is 3.26. The van der Waals surface area contributed by atoms with Gasteiger partial charge in [0.2, 0.25) is 0 Å².